The Bertz CT molecular complexity index is 1760. The van der Waals surface area contributed by atoms with Gasteiger partial charge < -0.3 is 36.0 Å². The monoisotopic (exact) mass is 563 g/mol. The van der Waals surface area contributed by atoms with Crippen LogP contribution in [0.4, 0.5) is 0 Å². The number of thiocarbonyl (C=S) groups is 1. The van der Waals surface area contributed by atoms with E-state index in [0.29, 0.717) is 5.56 Å². The molecule has 0 spiro atoms. The maximum Gasteiger partial charge on any atom is 0.340 e. The molecular weight excluding hydrogens is 542 g/mol. The number of carbonyl (C=O) groups is 3. The number of nitrogens with zero attached hydrogens (tertiary/aromatic N) is 1. The number of ether oxygens (including phenoxy) is 1. The van der Waals surface area contributed by atoms with Crippen LogP contribution in [-0.4, -0.2) is 61.5 Å². The van der Waals surface area contributed by atoms with Crippen molar-refractivity contribution in [2.24, 2.45) is 10.8 Å². The van der Waals surface area contributed by atoms with Crippen LogP contribution in [0.5, 0.6) is 28.7 Å². The van der Waals surface area contributed by atoms with E-state index in [4.69, 9.17) is 10.5 Å². The molecule has 8 N–H and O–H groups in total. The lowest BCUT2D eigenvalue weighted by atomic mass is 9.74. The summed E-state index contributed by atoms with van der Waals surface area (Å²) in [7, 11) is 1.26. The molecule has 3 aromatic rings. The van der Waals surface area contributed by atoms with Crippen molar-refractivity contribution in [2.75, 3.05) is 7.11 Å². The first-order valence-electron chi connectivity index (χ1n) is 11.7. The van der Waals surface area contributed by atoms with E-state index >= 15 is 0 Å². The number of aromatic carboxylic acids is 1. The lowest BCUT2D eigenvalue weighted by Gasteiger charge is -2.30. The number of carboxylic acid groups (broad SMARTS) is 1. The molecule has 0 radical (unpaired) electrons. The molecule has 13 heteroatoms. The van der Waals surface area contributed by atoms with Crippen molar-refractivity contribution >= 4 is 41.1 Å². The number of ketones is 2. The number of carbonyl (C=O) groups excluding carboxylic acids is 2. The van der Waals surface area contributed by atoms with Crippen molar-refractivity contribution in [1.82, 2.24) is 5.43 Å². The van der Waals surface area contributed by atoms with Crippen LogP contribution in [0.3, 0.4) is 0 Å². The summed E-state index contributed by atoms with van der Waals surface area (Å²) < 4.78 is 5.56. The van der Waals surface area contributed by atoms with Gasteiger partial charge in [0, 0.05) is 33.4 Å². The molecule has 5 rings (SSSR count). The lowest BCUT2D eigenvalue weighted by molar-refractivity contribution is 0.0693. The second kappa shape index (κ2) is 9.24. The van der Waals surface area contributed by atoms with E-state index in [9.17, 15) is 39.9 Å². The van der Waals surface area contributed by atoms with Crippen molar-refractivity contribution in [1.29, 1.82) is 0 Å². The number of aromatic hydroxyl groups is 4. The largest absolute Gasteiger partial charge is 0.508 e. The summed E-state index contributed by atoms with van der Waals surface area (Å²) >= 11 is 4.68. The van der Waals surface area contributed by atoms with Gasteiger partial charge in [-0.2, -0.15) is 5.10 Å². The van der Waals surface area contributed by atoms with Gasteiger partial charge in [-0.25, -0.2) is 4.79 Å². The van der Waals surface area contributed by atoms with E-state index in [-0.39, 0.29) is 68.2 Å². The highest BCUT2D eigenvalue weighted by molar-refractivity contribution is 7.80. The zero-order valence-corrected chi connectivity index (χ0v) is 21.8. The quantitative estimate of drug-likeness (QED) is 0.108. The van der Waals surface area contributed by atoms with Crippen LogP contribution in [0.25, 0.3) is 11.1 Å². The minimum Gasteiger partial charge on any atom is -0.508 e. The van der Waals surface area contributed by atoms with Gasteiger partial charge in [0.15, 0.2) is 10.9 Å². The molecule has 12 nitrogen and oxygen atoms in total. The summed E-state index contributed by atoms with van der Waals surface area (Å²) in [5, 5.41) is 57.1. The Kier molecular flexibility index (Phi) is 6.10. The zero-order chi connectivity index (χ0) is 29.2. The first kappa shape index (κ1) is 26.4. The van der Waals surface area contributed by atoms with Gasteiger partial charge in [-0.05, 0) is 49.7 Å². The van der Waals surface area contributed by atoms with Crippen molar-refractivity contribution in [3.63, 3.8) is 0 Å². The molecule has 0 saturated carbocycles. The van der Waals surface area contributed by atoms with Crippen molar-refractivity contribution in [2.45, 2.75) is 19.8 Å². The third kappa shape index (κ3) is 3.62. The van der Waals surface area contributed by atoms with Crippen molar-refractivity contribution in [3.8, 4) is 39.9 Å². The Morgan fingerprint density at radius 3 is 2.33 bits per heavy atom. The Morgan fingerprint density at radius 1 is 1.00 bits per heavy atom. The second-order valence-electron chi connectivity index (χ2n) is 9.20. The van der Waals surface area contributed by atoms with Crippen LogP contribution in [0.15, 0.2) is 17.2 Å². The number of hydrogen-bond donors (Lipinski definition) is 7. The predicted molar refractivity (Wildman–Crippen MR) is 145 cm³/mol. The number of fused-ring (bicyclic) bond motifs is 5. The smallest absolute Gasteiger partial charge is 0.340 e. The molecule has 40 heavy (non-hydrogen) atoms. The van der Waals surface area contributed by atoms with E-state index in [2.05, 4.69) is 22.7 Å². The highest BCUT2D eigenvalue weighted by Gasteiger charge is 2.42. The maximum atomic E-state index is 13.7. The van der Waals surface area contributed by atoms with E-state index in [1.165, 1.54) is 20.1 Å². The molecule has 0 saturated heterocycles. The number of nitrogens with two attached hydrogens (primary N) is 1. The first-order chi connectivity index (χ1) is 18.9. The van der Waals surface area contributed by atoms with Crippen LogP contribution in [0.1, 0.15) is 64.5 Å². The number of methoxy groups -OCH3 is 1. The summed E-state index contributed by atoms with van der Waals surface area (Å²) in [6, 6.07) is 2.48. The number of carboxylic acids is 1. The minimum atomic E-state index is -1.50. The highest BCUT2D eigenvalue weighted by Crippen LogP contribution is 2.54. The van der Waals surface area contributed by atoms with E-state index in [0.717, 1.165) is 12.3 Å². The number of rotatable bonds is 4. The number of aryl methyl sites for hydroxylation is 1. The molecule has 0 atom stereocenters. The Labute approximate surface area is 231 Å². The molecule has 0 aromatic heterocycles. The van der Waals surface area contributed by atoms with Gasteiger partial charge in [-0.15, -0.1) is 0 Å². The fraction of sp³-hybridized carbons (Fsp3) is 0.148. The normalized spacial score (nSPS) is 13.3. The number of hydrazone groups is 1. The van der Waals surface area contributed by atoms with E-state index in [1.807, 2.05) is 0 Å². The Morgan fingerprint density at radius 2 is 1.70 bits per heavy atom. The number of phenols is 4. The van der Waals surface area contributed by atoms with Gasteiger partial charge in [0.1, 0.15) is 34.3 Å². The van der Waals surface area contributed by atoms with Gasteiger partial charge in [0.2, 0.25) is 5.78 Å². The van der Waals surface area contributed by atoms with Crippen LogP contribution in [-0.2, 0) is 12.8 Å². The number of nitrogens with one attached hydrogen (secondary N) is 1. The summed E-state index contributed by atoms with van der Waals surface area (Å²) in [5.74, 6) is -5.66. The molecule has 2 aliphatic rings. The Balaban J connectivity index is 1.84. The third-order valence-corrected chi connectivity index (χ3v) is 7.17. The van der Waals surface area contributed by atoms with Gasteiger partial charge >= 0.3 is 5.97 Å². The average Bonchev–Trinajstić information content (AvgIpc) is 2.89. The summed E-state index contributed by atoms with van der Waals surface area (Å²) in [4.78, 5) is 39.5. The average molecular weight is 564 g/mol. The number of hydrogen-bond acceptors (Lipinski definition) is 10. The molecule has 2 aliphatic carbocycles. The fourth-order valence-corrected chi connectivity index (χ4v) is 5.38. The SMILES string of the molecule is COc1c2c(c(O)c3c1C(=O)c1c(cc(O)c(C)c1O)C3=O)-c1c(cc(/C=N/NC(N)=S)c(C(=O)O)c1O)CC2. The molecule has 0 heterocycles. The van der Waals surface area contributed by atoms with Crippen molar-refractivity contribution in [3.05, 3.63) is 62.2 Å². The van der Waals surface area contributed by atoms with E-state index < -0.39 is 51.7 Å². The van der Waals surface area contributed by atoms with Gasteiger partial charge in [-0.1, -0.05) is 0 Å². The summed E-state index contributed by atoms with van der Waals surface area (Å²) in [5.41, 5.74) is 6.23. The zero-order valence-electron chi connectivity index (χ0n) is 20.9. The predicted octanol–water partition coefficient (Wildman–Crippen LogP) is 2.23. The number of phenolic OH excluding ortho intramolecular Hbond substituents is 3. The van der Waals surface area contributed by atoms with Gasteiger partial charge in [0.25, 0.3) is 0 Å². The molecule has 0 amide bonds. The molecule has 0 aliphatic heterocycles. The molecule has 3 aromatic carbocycles. The van der Waals surface area contributed by atoms with Crippen LogP contribution < -0.4 is 15.9 Å². The standard InChI is InChI=1S/C27H21N3O9S/c1-8-13(31)6-12-17(20(8)32)24(36)19-18(21(12)33)23(35)16-11(25(19)39-2)4-3-9-5-10(7-29-30-27(28)40)15(26(37)38)22(34)14(9)16/h5-7,31-32,34-35H,3-4H2,1-2H3,(H,37,38)(H3,28,30,40)/b29-7+. The van der Waals surface area contributed by atoms with Crippen LogP contribution >= 0.6 is 12.2 Å². The van der Waals surface area contributed by atoms with Gasteiger partial charge in [0.05, 0.1) is 30.0 Å². The molecule has 0 bridgehead atoms. The summed E-state index contributed by atoms with van der Waals surface area (Å²) in [6.07, 6.45) is 1.52. The molecular formula is C27H21N3O9S. The lowest BCUT2D eigenvalue weighted by Crippen LogP contribution is -2.25. The fourth-order valence-electron chi connectivity index (χ4n) is 5.33. The maximum absolute atomic E-state index is 13.7. The molecule has 0 fully saturated rings. The minimum absolute atomic E-state index is 0.00706. The Hall–Kier alpha value is -5.17. The topological polar surface area (TPSA) is 212 Å². The second-order valence-corrected chi connectivity index (χ2v) is 9.64. The third-order valence-electron chi connectivity index (χ3n) is 7.08. The van der Waals surface area contributed by atoms with Crippen LogP contribution in [0, 0.1) is 6.92 Å². The van der Waals surface area contributed by atoms with Crippen LogP contribution in [0.2, 0.25) is 0 Å². The van der Waals surface area contributed by atoms with Gasteiger partial charge in [-0.3, -0.25) is 15.0 Å². The molecule has 0 unspecified atom stereocenters. The molecule has 204 valence electrons. The highest BCUT2D eigenvalue weighted by atomic mass is 32.1. The first-order valence-corrected chi connectivity index (χ1v) is 12.1. The summed E-state index contributed by atoms with van der Waals surface area (Å²) in [6.45, 7) is 1.37. The number of benzene rings is 3. The van der Waals surface area contributed by atoms with E-state index in [1.54, 1.807) is 0 Å². The van der Waals surface area contributed by atoms with Crippen molar-refractivity contribution < 1.29 is 44.7 Å².